The maximum atomic E-state index is 13.0. The van der Waals surface area contributed by atoms with Gasteiger partial charge in [-0.2, -0.15) is 4.31 Å². The van der Waals surface area contributed by atoms with Crippen LogP contribution >= 0.6 is 0 Å². The number of carbonyl (C=O) groups excluding carboxylic acids is 1. The zero-order valence-electron chi connectivity index (χ0n) is 14.5. The van der Waals surface area contributed by atoms with E-state index in [1.165, 1.54) is 28.9 Å². The Morgan fingerprint density at radius 3 is 2.50 bits per heavy atom. The molecule has 0 aliphatic carbocycles. The fraction of sp³-hybridized carbons (Fsp3) is 0.444. The highest BCUT2D eigenvalue weighted by Crippen LogP contribution is 2.32. The molecule has 2 aromatic rings. The number of benzene rings is 1. The van der Waals surface area contributed by atoms with E-state index in [0.29, 0.717) is 32.4 Å². The Bertz CT molecular complexity index is 842. The predicted octanol–water partition coefficient (Wildman–Crippen LogP) is 3.12. The standard InChI is InChI=1S/C18H21FN2O4S/c1-2-16(17(22)18-20-9-12-25-18)13-7-10-21(11-8-13)26(23,24)15-5-3-14(19)4-6-15/h3-6,9,12-13,16H,2,7-8,10-11H2,1H3. The molecule has 26 heavy (non-hydrogen) atoms. The number of oxazole rings is 1. The third-order valence-electron chi connectivity index (χ3n) is 4.94. The molecule has 0 radical (unpaired) electrons. The van der Waals surface area contributed by atoms with Crippen molar-refractivity contribution in [3.63, 3.8) is 0 Å². The van der Waals surface area contributed by atoms with Crippen molar-refractivity contribution in [3.05, 3.63) is 48.4 Å². The number of piperidine rings is 1. The van der Waals surface area contributed by atoms with Crippen LogP contribution in [0.4, 0.5) is 4.39 Å². The molecule has 0 saturated carbocycles. The van der Waals surface area contributed by atoms with Crippen LogP contribution in [0.2, 0.25) is 0 Å². The van der Waals surface area contributed by atoms with E-state index in [-0.39, 0.29) is 28.4 Å². The van der Waals surface area contributed by atoms with Gasteiger partial charge in [-0.25, -0.2) is 17.8 Å². The largest absolute Gasteiger partial charge is 0.442 e. The number of carbonyl (C=O) groups is 1. The normalized spacial score (nSPS) is 17.9. The van der Waals surface area contributed by atoms with E-state index in [1.54, 1.807) is 0 Å². The summed E-state index contributed by atoms with van der Waals surface area (Å²) in [5, 5.41) is 0. The fourth-order valence-corrected chi connectivity index (χ4v) is 4.98. The van der Waals surface area contributed by atoms with Gasteiger partial charge in [-0.05, 0) is 49.4 Å². The monoisotopic (exact) mass is 380 g/mol. The number of hydrogen-bond acceptors (Lipinski definition) is 5. The van der Waals surface area contributed by atoms with Gasteiger partial charge in [-0.1, -0.05) is 6.92 Å². The van der Waals surface area contributed by atoms with Crippen LogP contribution in [0.1, 0.15) is 36.9 Å². The van der Waals surface area contributed by atoms with Gasteiger partial charge in [0.15, 0.2) is 0 Å². The molecule has 2 heterocycles. The summed E-state index contributed by atoms with van der Waals surface area (Å²) in [6, 6.07) is 4.83. The molecule has 1 saturated heterocycles. The summed E-state index contributed by atoms with van der Waals surface area (Å²) >= 11 is 0. The van der Waals surface area contributed by atoms with E-state index >= 15 is 0 Å². The molecule has 1 aliphatic rings. The average Bonchev–Trinajstić information content (AvgIpc) is 3.18. The molecule has 1 aliphatic heterocycles. The first-order valence-electron chi connectivity index (χ1n) is 8.63. The lowest BCUT2D eigenvalue weighted by Crippen LogP contribution is -2.41. The summed E-state index contributed by atoms with van der Waals surface area (Å²) < 4.78 is 44.9. The second-order valence-corrected chi connectivity index (χ2v) is 8.35. The van der Waals surface area contributed by atoms with E-state index in [2.05, 4.69) is 4.98 Å². The Kier molecular flexibility index (Phi) is 5.52. The molecule has 1 aromatic heterocycles. The predicted molar refractivity (Wildman–Crippen MR) is 92.5 cm³/mol. The van der Waals surface area contributed by atoms with Crippen molar-refractivity contribution in [2.45, 2.75) is 31.1 Å². The van der Waals surface area contributed by atoms with Crippen molar-refractivity contribution in [1.82, 2.24) is 9.29 Å². The fourth-order valence-electron chi connectivity index (χ4n) is 3.51. The Hall–Kier alpha value is -2.06. The summed E-state index contributed by atoms with van der Waals surface area (Å²) in [5.74, 6) is -0.641. The molecule has 1 atom stereocenters. The van der Waals surface area contributed by atoms with Gasteiger partial charge in [0, 0.05) is 19.0 Å². The van der Waals surface area contributed by atoms with Crippen LogP contribution in [0.25, 0.3) is 0 Å². The molecule has 140 valence electrons. The van der Waals surface area contributed by atoms with Crippen LogP contribution < -0.4 is 0 Å². The van der Waals surface area contributed by atoms with Crippen LogP contribution in [0, 0.1) is 17.7 Å². The van der Waals surface area contributed by atoms with Crippen LogP contribution in [-0.4, -0.2) is 36.6 Å². The molecular weight excluding hydrogens is 359 g/mol. The number of Topliss-reactive ketones (excluding diaryl/α,β-unsaturated/α-hetero) is 1. The number of ketones is 1. The Morgan fingerprint density at radius 1 is 1.31 bits per heavy atom. The smallest absolute Gasteiger partial charge is 0.263 e. The molecule has 1 unspecified atom stereocenters. The van der Waals surface area contributed by atoms with Crippen molar-refractivity contribution < 1.29 is 22.0 Å². The number of sulfonamides is 1. The van der Waals surface area contributed by atoms with Gasteiger partial charge < -0.3 is 4.42 Å². The van der Waals surface area contributed by atoms with Gasteiger partial charge in [0.1, 0.15) is 12.1 Å². The number of nitrogens with zero attached hydrogens (tertiary/aromatic N) is 2. The molecular formula is C18H21FN2O4S. The second-order valence-electron chi connectivity index (χ2n) is 6.41. The molecule has 3 rings (SSSR count). The van der Waals surface area contributed by atoms with Gasteiger partial charge in [0.25, 0.3) is 5.89 Å². The van der Waals surface area contributed by atoms with E-state index < -0.39 is 15.8 Å². The Morgan fingerprint density at radius 2 is 1.96 bits per heavy atom. The van der Waals surface area contributed by atoms with Crippen LogP contribution in [0.3, 0.4) is 0 Å². The second kappa shape index (κ2) is 7.67. The minimum Gasteiger partial charge on any atom is -0.442 e. The lowest BCUT2D eigenvalue weighted by Gasteiger charge is -2.34. The molecule has 0 N–H and O–H groups in total. The van der Waals surface area contributed by atoms with Crippen molar-refractivity contribution >= 4 is 15.8 Å². The van der Waals surface area contributed by atoms with Crippen LogP contribution in [0.5, 0.6) is 0 Å². The number of hydrogen-bond donors (Lipinski definition) is 0. The molecule has 8 heteroatoms. The molecule has 1 fully saturated rings. The average molecular weight is 380 g/mol. The third kappa shape index (κ3) is 3.71. The first-order chi connectivity index (χ1) is 12.4. The molecule has 0 spiro atoms. The molecule has 1 aromatic carbocycles. The Balaban J connectivity index is 1.68. The van der Waals surface area contributed by atoms with Gasteiger partial charge in [0.2, 0.25) is 15.8 Å². The van der Waals surface area contributed by atoms with E-state index in [0.717, 1.165) is 12.1 Å². The van der Waals surface area contributed by atoms with Crippen molar-refractivity contribution in [2.75, 3.05) is 13.1 Å². The minimum absolute atomic E-state index is 0.0825. The third-order valence-corrected chi connectivity index (χ3v) is 6.85. The van der Waals surface area contributed by atoms with Gasteiger partial charge in [0.05, 0.1) is 11.1 Å². The number of rotatable bonds is 6. The number of halogens is 1. The number of aromatic nitrogens is 1. The summed E-state index contributed by atoms with van der Waals surface area (Å²) in [4.78, 5) is 16.6. The van der Waals surface area contributed by atoms with Gasteiger partial charge in [-0.3, -0.25) is 4.79 Å². The SMILES string of the molecule is CCC(C(=O)c1ncco1)C1CCN(S(=O)(=O)c2ccc(F)cc2)CC1. The highest BCUT2D eigenvalue weighted by atomic mass is 32.2. The quantitative estimate of drug-likeness (QED) is 0.719. The zero-order valence-corrected chi connectivity index (χ0v) is 15.3. The topological polar surface area (TPSA) is 80.5 Å². The summed E-state index contributed by atoms with van der Waals surface area (Å²) in [5.41, 5.74) is 0. The maximum absolute atomic E-state index is 13.0. The zero-order chi connectivity index (χ0) is 18.7. The molecule has 6 nitrogen and oxygen atoms in total. The van der Waals surface area contributed by atoms with E-state index in [9.17, 15) is 17.6 Å². The first-order valence-corrected chi connectivity index (χ1v) is 10.1. The van der Waals surface area contributed by atoms with Gasteiger partial charge >= 0.3 is 0 Å². The van der Waals surface area contributed by atoms with E-state index in [4.69, 9.17) is 4.42 Å². The van der Waals surface area contributed by atoms with E-state index in [1.807, 2.05) is 6.92 Å². The maximum Gasteiger partial charge on any atom is 0.263 e. The van der Waals surface area contributed by atoms with Crippen molar-refractivity contribution in [3.8, 4) is 0 Å². The summed E-state index contributed by atoms with van der Waals surface area (Å²) in [6.07, 6.45) is 4.64. The molecule has 0 bridgehead atoms. The highest BCUT2D eigenvalue weighted by Gasteiger charge is 2.36. The lowest BCUT2D eigenvalue weighted by atomic mass is 9.80. The van der Waals surface area contributed by atoms with Crippen LogP contribution in [-0.2, 0) is 10.0 Å². The van der Waals surface area contributed by atoms with Crippen molar-refractivity contribution in [1.29, 1.82) is 0 Å². The summed E-state index contributed by atoms with van der Waals surface area (Å²) in [6.45, 7) is 2.60. The minimum atomic E-state index is -3.65. The van der Waals surface area contributed by atoms with Crippen LogP contribution in [0.15, 0.2) is 46.0 Å². The van der Waals surface area contributed by atoms with Gasteiger partial charge in [-0.15, -0.1) is 0 Å². The molecule has 0 amide bonds. The lowest BCUT2D eigenvalue weighted by molar-refractivity contribution is 0.0791. The highest BCUT2D eigenvalue weighted by molar-refractivity contribution is 7.89. The van der Waals surface area contributed by atoms with Crippen molar-refractivity contribution in [2.24, 2.45) is 11.8 Å². The Labute approximate surface area is 152 Å². The first kappa shape index (κ1) is 18.7. The summed E-state index contributed by atoms with van der Waals surface area (Å²) in [7, 11) is -3.65.